The molecule has 0 saturated carbocycles. The summed E-state index contributed by atoms with van der Waals surface area (Å²) in [6, 6.07) is 5.98. The molecule has 0 bridgehead atoms. The van der Waals surface area contributed by atoms with Crippen LogP contribution in [-0.4, -0.2) is 36.6 Å². The van der Waals surface area contributed by atoms with E-state index in [1.54, 1.807) is 18.9 Å². The van der Waals surface area contributed by atoms with E-state index in [4.69, 9.17) is 14.6 Å². The lowest BCUT2D eigenvalue weighted by atomic mass is 10.2. The number of aliphatic carboxylic acids is 1. The van der Waals surface area contributed by atoms with Crippen LogP contribution in [0.2, 0.25) is 0 Å². The van der Waals surface area contributed by atoms with Crippen molar-refractivity contribution < 1.29 is 19.4 Å². The molecular weight excluding hydrogens is 276 g/mol. The summed E-state index contributed by atoms with van der Waals surface area (Å²) in [5.41, 5.74) is 1.08. The van der Waals surface area contributed by atoms with E-state index in [0.29, 0.717) is 13.2 Å². The SMILES string of the molecule is COCCCOc1cc(SC(C)CC(=O)O)ccc1C. The highest BCUT2D eigenvalue weighted by atomic mass is 32.2. The molecule has 0 spiro atoms. The van der Waals surface area contributed by atoms with Gasteiger partial charge in [0.2, 0.25) is 0 Å². The minimum Gasteiger partial charge on any atom is -0.493 e. The monoisotopic (exact) mass is 298 g/mol. The molecule has 0 aliphatic heterocycles. The molecule has 0 aromatic heterocycles. The Kier molecular flexibility index (Phi) is 7.47. The molecule has 0 saturated heterocycles. The van der Waals surface area contributed by atoms with Crippen LogP contribution < -0.4 is 4.74 Å². The Bertz CT molecular complexity index is 434. The van der Waals surface area contributed by atoms with E-state index in [-0.39, 0.29) is 11.7 Å². The maximum absolute atomic E-state index is 10.7. The summed E-state index contributed by atoms with van der Waals surface area (Å²) in [5, 5.41) is 8.82. The van der Waals surface area contributed by atoms with Gasteiger partial charge in [0.25, 0.3) is 0 Å². The second-order valence-corrected chi connectivity index (χ2v) is 6.16. The van der Waals surface area contributed by atoms with Gasteiger partial charge in [0.1, 0.15) is 5.75 Å². The number of carboxylic acid groups (broad SMARTS) is 1. The van der Waals surface area contributed by atoms with Gasteiger partial charge in [-0.1, -0.05) is 13.0 Å². The van der Waals surface area contributed by atoms with Crippen molar-refractivity contribution in [1.82, 2.24) is 0 Å². The van der Waals surface area contributed by atoms with Gasteiger partial charge in [-0.25, -0.2) is 0 Å². The lowest BCUT2D eigenvalue weighted by Gasteiger charge is -2.13. The maximum atomic E-state index is 10.7. The number of aryl methyl sites for hydroxylation is 1. The molecule has 20 heavy (non-hydrogen) atoms. The van der Waals surface area contributed by atoms with E-state index in [0.717, 1.165) is 22.6 Å². The lowest BCUT2D eigenvalue weighted by molar-refractivity contribution is -0.136. The van der Waals surface area contributed by atoms with Crippen LogP contribution in [0.25, 0.3) is 0 Å². The molecule has 0 amide bonds. The van der Waals surface area contributed by atoms with Crippen LogP contribution in [0.1, 0.15) is 25.3 Å². The average molecular weight is 298 g/mol. The minimum atomic E-state index is -0.770. The number of carboxylic acids is 1. The van der Waals surface area contributed by atoms with Gasteiger partial charge < -0.3 is 14.6 Å². The highest BCUT2D eigenvalue weighted by molar-refractivity contribution is 8.00. The summed E-state index contributed by atoms with van der Waals surface area (Å²) >= 11 is 1.55. The van der Waals surface area contributed by atoms with Crippen molar-refractivity contribution in [2.24, 2.45) is 0 Å². The molecule has 1 atom stereocenters. The van der Waals surface area contributed by atoms with Gasteiger partial charge in [-0.3, -0.25) is 4.79 Å². The van der Waals surface area contributed by atoms with Crippen molar-refractivity contribution in [2.75, 3.05) is 20.3 Å². The molecule has 1 unspecified atom stereocenters. The van der Waals surface area contributed by atoms with Crippen LogP contribution in [0.3, 0.4) is 0 Å². The van der Waals surface area contributed by atoms with Gasteiger partial charge in [-0.05, 0) is 24.6 Å². The lowest BCUT2D eigenvalue weighted by Crippen LogP contribution is -2.05. The Morgan fingerprint density at radius 1 is 1.40 bits per heavy atom. The first-order valence-corrected chi connectivity index (χ1v) is 7.51. The van der Waals surface area contributed by atoms with Gasteiger partial charge in [-0.15, -0.1) is 11.8 Å². The van der Waals surface area contributed by atoms with Crippen LogP contribution >= 0.6 is 11.8 Å². The van der Waals surface area contributed by atoms with Gasteiger partial charge in [0.05, 0.1) is 13.0 Å². The van der Waals surface area contributed by atoms with E-state index >= 15 is 0 Å². The van der Waals surface area contributed by atoms with Gasteiger partial charge in [0.15, 0.2) is 0 Å². The Hall–Kier alpha value is -1.20. The summed E-state index contributed by atoms with van der Waals surface area (Å²) in [6.07, 6.45) is 1.01. The zero-order valence-electron chi connectivity index (χ0n) is 12.2. The highest BCUT2D eigenvalue weighted by Crippen LogP contribution is 2.30. The van der Waals surface area contributed by atoms with Crippen molar-refractivity contribution in [3.8, 4) is 5.75 Å². The first kappa shape index (κ1) is 16.9. The molecule has 0 fully saturated rings. The largest absolute Gasteiger partial charge is 0.493 e. The second-order valence-electron chi connectivity index (χ2n) is 4.65. The fourth-order valence-electron chi connectivity index (χ4n) is 1.71. The van der Waals surface area contributed by atoms with E-state index in [1.807, 2.05) is 32.0 Å². The third-order valence-electron chi connectivity index (χ3n) is 2.71. The van der Waals surface area contributed by atoms with Gasteiger partial charge in [0, 0.05) is 30.3 Å². The molecule has 0 aliphatic carbocycles. The van der Waals surface area contributed by atoms with Crippen molar-refractivity contribution >= 4 is 17.7 Å². The van der Waals surface area contributed by atoms with Crippen molar-refractivity contribution in [1.29, 1.82) is 0 Å². The summed E-state index contributed by atoms with van der Waals surface area (Å²) in [5.74, 6) is 0.0850. The van der Waals surface area contributed by atoms with Gasteiger partial charge >= 0.3 is 5.97 Å². The number of rotatable bonds is 9. The first-order valence-electron chi connectivity index (χ1n) is 6.63. The number of methoxy groups -OCH3 is 1. The highest BCUT2D eigenvalue weighted by Gasteiger charge is 2.10. The molecule has 1 aromatic carbocycles. The zero-order chi connectivity index (χ0) is 15.0. The van der Waals surface area contributed by atoms with E-state index < -0.39 is 5.97 Å². The summed E-state index contributed by atoms with van der Waals surface area (Å²) in [7, 11) is 1.67. The van der Waals surface area contributed by atoms with Crippen LogP contribution in [0.5, 0.6) is 5.75 Å². The van der Waals surface area contributed by atoms with Crippen LogP contribution in [0.15, 0.2) is 23.1 Å². The van der Waals surface area contributed by atoms with Crippen LogP contribution in [0, 0.1) is 6.92 Å². The quantitative estimate of drug-likeness (QED) is 0.559. The Labute approximate surface area is 124 Å². The normalized spacial score (nSPS) is 12.2. The van der Waals surface area contributed by atoms with Crippen molar-refractivity contribution in [3.05, 3.63) is 23.8 Å². The van der Waals surface area contributed by atoms with Crippen LogP contribution in [0.4, 0.5) is 0 Å². The minimum absolute atomic E-state index is 0.0385. The maximum Gasteiger partial charge on any atom is 0.304 e. The first-order chi connectivity index (χ1) is 9.52. The second kappa shape index (κ2) is 8.87. The van der Waals surface area contributed by atoms with Crippen LogP contribution in [-0.2, 0) is 9.53 Å². The number of carbonyl (C=O) groups is 1. The summed E-state index contributed by atoms with van der Waals surface area (Å²) < 4.78 is 10.7. The Morgan fingerprint density at radius 3 is 2.80 bits per heavy atom. The molecule has 112 valence electrons. The predicted molar refractivity (Wildman–Crippen MR) is 80.7 cm³/mol. The molecule has 0 radical (unpaired) electrons. The number of benzene rings is 1. The fourth-order valence-corrected chi connectivity index (χ4v) is 2.73. The molecule has 1 N–H and O–H groups in total. The smallest absolute Gasteiger partial charge is 0.304 e. The average Bonchev–Trinajstić information content (AvgIpc) is 2.37. The van der Waals surface area contributed by atoms with Crippen molar-refractivity contribution in [2.45, 2.75) is 36.8 Å². The van der Waals surface area contributed by atoms with E-state index in [2.05, 4.69) is 0 Å². The van der Waals surface area contributed by atoms with Crippen molar-refractivity contribution in [3.63, 3.8) is 0 Å². The molecule has 4 nitrogen and oxygen atoms in total. The fraction of sp³-hybridized carbons (Fsp3) is 0.533. The molecular formula is C15H22O4S. The van der Waals surface area contributed by atoms with E-state index in [1.165, 1.54) is 0 Å². The number of hydrogen-bond acceptors (Lipinski definition) is 4. The Morgan fingerprint density at radius 2 is 2.15 bits per heavy atom. The standard InChI is InChI=1S/C15H22O4S/c1-11-5-6-13(20-12(2)9-15(16)17)10-14(11)19-8-4-7-18-3/h5-6,10,12H,4,7-9H2,1-3H3,(H,16,17). The Balaban J connectivity index is 2.58. The predicted octanol–water partition coefficient (Wildman–Crippen LogP) is 3.37. The summed E-state index contributed by atoms with van der Waals surface area (Å²) in [6.45, 7) is 5.22. The molecule has 1 aromatic rings. The zero-order valence-corrected chi connectivity index (χ0v) is 13.0. The van der Waals surface area contributed by atoms with E-state index in [9.17, 15) is 4.79 Å². The number of ether oxygens (including phenoxy) is 2. The topological polar surface area (TPSA) is 55.8 Å². The third-order valence-corrected chi connectivity index (χ3v) is 3.80. The molecule has 0 aliphatic rings. The molecule has 5 heteroatoms. The molecule has 0 heterocycles. The molecule has 1 rings (SSSR count). The number of hydrogen-bond donors (Lipinski definition) is 1. The third kappa shape index (κ3) is 6.30. The number of thioether (sulfide) groups is 1. The summed E-state index contributed by atoms with van der Waals surface area (Å²) in [4.78, 5) is 11.7. The van der Waals surface area contributed by atoms with Gasteiger partial charge in [-0.2, -0.15) is 0 Å².